The van der Waals surface area contributed by atoms with E-state index in [0.717, 1.165) is 6.42 Å². The lowest BCUT2D eigenvalue weighted by Crippen LogP contribution is -2.02. The van der Waals surface area contributed by atoms with Crippen molar-refractivity contribution in [3.8, 4) is 0 Å². The molecule has 1 N–H and O–H groups in total. The first-order valence-electron chi connectivity index (χ1n) is 5.02. The molecule has 0 aliphatic heterocycles. The van der Waals surface area contributed by atoms with Crippen LogP contribution >= 0.6 is 0 Å². The Balaban J connectivity index is -0.000000175. The number of aliphatic hydroxyl groups is 1. The first-order chi connectivity index (χ1) is 5.85. The summed E-state index contributed by atoms with van der Waals surface area (Å²) in [5.74, 6) is 0.0833. The molecule has 78 valence electrons. The number of alkyl halides is 1. The second kappa shape index (κ2) is 22.4. The molecule has 0 fully saturated rings. The topological polar surface area (TPSA) is 20.2 Å². The standard InChI is InChI=1S/C6H13FO.2C2H6/c1-2-6(5-7)3-4-8;2*1-2/h6,8H,2-5H2,1H3;2*1-2H3. The second-order valence-corrected chi connectivity index (χ2v) is 1.94. The number of rotatable bonds is 4. The summed E-state index contributed by atoms with van der Waals surface area (Å²) in [6, 6.07) is 0. The maximum atomic E-state index is 11.7. The van der Waals surface area contributed by atoms with Crippen molar-refractivity contribution in [1.29, 1.82) is 0 Å². The van der Waals surface area contributed by atoms with Gasteiger partial charge in [-0.3, -0.25) is 4.39 Å². The number of hydrogen-bond acceptors (Lipinski definition) is 1. The molecular formula is C10H25FO. The fourth-order valence-electron chi connectivity index (χ4n) is 0.573. The van der Waals surface area contributed by atoms with E-state index in [0.29, 0.717) is 6.42 Å². The molecule has 0 spiro atoms. The third kappa shape index (κ3) is 16.5. The Morgan fingerprint density at radius 2 is 1.58 bits per heavy atom. The van der Waals surface area contributed by atoms with Gasteiger partial charge in [-0.1, -0.05) is 41.0 Å². The van der Waals surface area contributed by atoms with Crippen molar-refractivity contribution in [3.63, 3.8) is 0 Å². The van der Waals surface area contributed by atoms with Gasteiger partial charge >= 0.3 is 0 Å². The van der Waals surface area contributed by atoms with Gasteiger partial charge < -0.3 is 5.11 Å². The predicted octanol–water partition coefficient (Wildman–Crippen LogP) is 3.42. The van der Waals surface area contributed by atoms with E-state index in [4.69, 9.17) is 5.11 Å². The van der Waals surface area contributed by atoms with Crippen LogP contribution in [0.15, 0.2) is 0 Å². The van der Waals surface area contributed by atoms with Gasteiger partial charge in [0.25, 0.3) is 0 Å². The minimum Gasteiger partial charge on any atom is -0.396 e. The Labute approximate surface area is 77.0 Å². The molecule has 0 aromatic rings. The molecule has 1 atom stereocenters. The predicted molar refractivity (Wildman–Crippen MR) is 54.2 cm³/mol. The van der Waals surface area contributed by atoms with Gasteiger partial charge in [0.05, 0.1) is 6.67 Å². The van der Waals surface area contributed by atoms with Crippen molar-refractivity contribution < 1.29 is 9.50 Å². The molecule has 0 amide bonds. The average molecular weight is 180 g/mol. The molecule has 0 aliphatic carbocycles. The van der Waals surface area contributed by atoms with Crippen molar-refractivity contribution in [2.75, 3.05) is 13.3 Å². The molecule has 0 radical (unpaired) electrons. The van der Waals surface area contributed by atoms with Crippen LogP contribution in [0.5, 0.6) is 0 Å². The lowest BCUT2D eigenvalue weighted by molar-refractivity contribution is 0.232. The van der Waals surface area contributed by atoms with Crippen molar-refractivity contribution in [3.05, 3.63) is 0 Å². The summed E-state index contributed by atoms with van der Waals surface area (Å²) in [7, 11) is 0. The zero-order valence-corrected chi connectivity index (χ0v) is 9.23. The van der Waals surface area contributed by atoms with Crippen molar-refractivity contribution in [2.24, 2.45) is 5.92 Å². The summed E-state index contributed by atoms with van der Waals surface area (Å²) in [4.78, 5) is 0. The molecule has 0 bridgehead atoms. The molecule has 0 aromatic heterocycles. The molecule has 0 aliphatic rings. The number of hydrogen-bond donors (Lipinski definition) is 1. The molecule has 2 heteroatoms. The fraction of sp³-hybridized carbons (Fsp3) is 1.00. The lowest BCUT2D eigenvalue weighted by Gasteiger charge is -2.05. The van der Waals surface area contributed by atoms with Gasteiger partial charge in [-0.05, 0) is 12.3 Å². The van der Waals surface area contributed by atoms with Gasteiger partial charge in [0.15, 0.2) is 0 Å². The Bertz CT molecular complexity index is 45.1. The van der Waals surface area contributed by atoms with Crippen LogP contribution in [0.2, 0.25) is 0 Å². The molecule has 0 aromatic carbocycles. The quantitative estimate of drug-likeness (QED) is 0.703. The Hall–Kier alpha value is -0.110. The minimum atomic E-state index is -0.295. The molecule has 1 nitrogen and oxygen atoms in total. The maximum absolute atomic E-state index is 11.7. The Kier molecular flexibility index (Phi) is 33.4. The molecule has 0 rings (SSSR count). The zero-order valence-electron chi connectivity index (χ0n) is 9.23. The Morgan fingerprint density at radius 3 is 1.67 bits per heavy atom. The monoisotopic (exact) mass is 180 g/mol. The van der Waals surface area contributed by atoms with Crippen LogP contribution in [0.4, 0.5) is 4.39 Å². The molecule has 1 unspecified atom stereocenters. The molecule has 0 saturated carbocycles. The largest absolute Gasteiger partial charge is 0.396 e. The van der Waals surface area contributed by atoms with E-state index in [1.807, 2.05) is 34.6 Å². The van der Waals surface area contributed by atoms with E-state index < -0.39 is 0 Å². The van der Waals surface area contributed by atoms with E-state index in [-0.39, 0.29) is 19.2 Å². The maximum Gasteiger partial charge on any atom is 0.0923 e. The van der Waals surface area contributed by atoms with Gasteiger partial charge in [-0.15, -0.1) is 0 Å². The summed E-state index contributed by atoms with van der Waals surface area (Å²) >= 11 is 0. The molecular weight excluding hydrogens is 155 g/mol. The van der Waals surface area contributed by atoms with Gasteiger partial charge in [0.1, 0.15) is 0 Å². The highest BCUT2D eigenvalue weighted by Crippen LogP contribution is 2.06. The summed E-state index contributed by atoms with van der Waals surface area (Å²) in [5, 5.41) is 8.33. The van der Waals surface area contributed by atoms with Crippen molar-refractivity contribution in [1.82, 2.24) is 0 Å². The normalized spacial score (nSPS) is 10.2. The van der Waals surface area contributed by atoms with Crippen LogP contribution in [0.1, 0.15) is 47.5 Å². The van der Waals surface area contributed by atoms with Crippen molar-refractivity contribution in [2.45, 2.75) is 47.5 Å². The van der Waals surface area contributed by atoms with Gasteiger partial charge in [0.2, 0.25) is 0 Å². The van der Waals surface area contributed by atoms with Crippen LogP contribution < -0.4 is 0 Å². The summed E-state index contributed by atoms with van der Waals surface area (Å²) < 4.78 is 11.7. The molecule has 0 heterocycles. The fourth-order valence-corrected chi connectivity index (χ4v) is 0.573. The first kappa shape index (κ1) is 17.8. The smallest absolute Gasteiger partial charge is 0.0923 e. The highest BCUT2D eigenvalue weighted by atomic mass is 19.1. The minimum absolute atomic E-state index is 0.0833. The van der Waals surface area contributed by atoms with Crippen LogP contribution in [-0.2, 0) is 0 Å². The number of halogens is 1. The van der Waals surface area contributed by atoms with Crippen LogP contribution in [-0.4, -0.2) is 18.4 Å². The Morgan fingerprint density at radius 1 is 1.17 bits per heavy atom. The van der Waals surface area contributed by atoms with E-state index in [1.165, 1.54) is 0 Å². The highest BCUT2D eigenvalue weighted by Gasteiger charge is 2.02. The summed E-state index contributed by atoms with van der Waals surface area (Å²) in [5.41, 5.74) is 0. The summed E-state index contributed by atoms with van der Waals surface area (Å²) in [6.07, 6.45) is 1.43. The molecule has 12 heavy (non-hydrogen) atoms. The number of aliphatic hydroxyl groups excluding tert-OH is 1. The lowest BCUT2D eigenvalue weighted by atomic mass is 10.1. The van der Waals surface area contributed by atoms with Crippen LogP contribution in [0.3, 0.4) is 0 Å². The zero-order chi connectivity index (χ0) is 10.4. The van der Waals surface area contributed by atoms with E-state index in [9.17, 15) is 4.39 Å². The second-order valence-electron chi connectivity index (χ2n) is 1.94. The van der Waals surface area contributed by atoms with Crippen LogP contribution in [0.25, 0.3) is 0 Å². The van der Waals surface area contributed by atoms with E-state index in [1.54, 1.807) is 0 Å². The van der Waals surface area contributed by atoms with Gasteiger partial charge in [-0.2, -0.15) is 0 Å². The van der Waals surface area contributed by atoms with Crippen molar-refractivity contribution >= 4 is 0 Å². The first-order valence-corrected chi connectivity index (χ1v) is 5.02. The highest BCUT2D eigenvalue weighted by molar-refractivity contribution is 4.52. The van der Waals surface area contributed by atoms with Gasteiger partial charge in [-0.25, -0.2) is 0 Å². The third-order valence-corrected chi connectivity index (χ3v) is 1.33. The van der Waals surface area contributed by atoms with E-state index >= 15 is 0 Å². The van der Waals surface area contributed by atoms with E-state index in [2.05, 4.69) is 0 Å². The summed E-state index contributed by atoms with van der Waals surface area (Å²) in [6.45, 7) is 9.75. The van der Waals surface area contributed by atoms with Gasteiger partial charge in [0, 0.05) is 6.61 Å². The average Bonchev–Trinajstić information content (AvgIpc) is 2.20. The SMILES string of the molecule is CC.CC.CCC(CF)CCO. The van der Waals surface area contributed by atoms with Crippen LogP contribution in [0, 0.1) is 5.92 Å². The third-order valence-electron chi connectivity index (χ3n) is 1.33. The molecule has 0 saturated heterocycles.